The predicted octanol–water partition coefficient (Wildman–Crippen LogP) is 1.64. The molecule has 0 aromatic heterocycles. The Balaban J connectivity index is 2.32. The van der Waals surface area contributed by atoms with Crippen molar-refractivity contribution in [1.82, 2.24) is 0 Å². The molecule has 0 nitrogen and oxygen atoms in total. The van der Waals surface area contributed by atoms with Crippen LogP contribution >= 0.6 is 22.6 Å². The Bertz CT molecular complexity index is 8.00. The van der Waals surface area contributed by atoms with Crippen molar-refractivity contribution in [2.75, 3.05) is 0 Å². The van der Waals surface area contributed by atoms with E-state index < -0.39 is 0 Å². The Labute approximate surface area is 40.7 Å². The zero-order valence-corrected chi connectivity index (χ0v) is 4.82. The van der Waals surface area contributed by atoms with Gasteiger partial charge in [0.25, 0.3) is 0 Å². The van der Waals surface area contributed by atoms with Crippen LogP contribution in [0.15, 0.2) is 0 Å². The highest BCUT2D eigenvalue weighted by atomic mass is 127. The largest absolute Gasteiger partial charge is 0.0829 e. The fourth-order valence-electron chi connectivity index (χ4n) is 0. The fraction of sp³-hybridized carbons (Fsp3) is 0.667. The van der Waals surface area contributed by atoms with Gasteiger partial charge in [-0.3, -0.25) is 0 Å². The van der Waals surface area contributed by atoms with E-state index in [0.717, 1.165) is 0 Å². The van der Waals surface area contributed by atoms with Crippen LogP contribution in [0, 0.1) is 6.92 Å². The first kappa shape index (κ1) is 4.73. The summed E-state index contributed by atoms with van der Waals surface area (Å²) in [5.74, 6) is 0. The maximum absolute atomic E-state index is 3.63. The van der Waals surface area contributed by atoms with E-state index in [9.17, 15) is 0 Å². The minimum Gasteiger partial charge on any atom is -0.0829 e. The first-order chi connectivity index (χ1) is 1.73. The molecule has 0 fully saturated rings. The highest BCUT2D eigenvalue weighted by Gasteiger charge is 1.71. The number of halogens is 1. The van der Waals surface area contributed by atoms with Crippen LogP contribution in [-0.2, 0) is 0 Å². The fourth-order valence-corrected chi connectivity index (χ4v) is 0. The van der Waals surface area contributed by atoms with Gasteiger partial charge in [-0.25, -0.2) is 0 Å². The molecule has 0 amide bonds. The van der Waals surface area contributed by atoms with Crippen LogP contribution < -0.4 is 0 Å². The van der Waals surface area contributed by atoms with E-state index in [1.165, 1.54) is 0 Å². The van der Waals surface area contributed by atoms with Crippen LogP contribution in [0.25, 0.3) is 0 Å². The second-order valence-electron chi connectivity index (χ2n) is 0.781. The Morgan fingerprint density at radius 3 is 2.00 bits per heavy atom. The maximum Gasteiger partial charge on any atom is 0.00816 e. The summed E-state index contributed by atoms with van der Waals surface area (Å²) in [7, 11) is 0. The molecule has 0 unspecified atom stereocenters. The smallest absolute Gasteiger partial charge is 0.00816 e. The molecular formula is C3H6I. The van der Waals surface area contributed by atoms with E-state index in [-0.39, 0.29) is 0 Å². The number of hydrogen-bond donors (Lipinski definition) is 0. The second-order valence-corrected chi connectivity index (χ2v) is 2.91. The molecule has 1 atom stereocenters. The summed E-state index contributed by atoms with van der Waals surface area (Å²) in [6, 6.07) is 0. The van der Waals surface area contributed by atoms with Gasteiger partial charge in [0.15, 0.2) is 0 Å². The second kappa shape index (κ2) is 2.00. The van der Waals surface area contributed by atoms with Crippen LogP contribution in [-0.4, -0.2) is 3.92 Å². The van der Waals surface area contributed by atoms with Crippen molar-refractivity contribution in [3.05, 3.63) is 6.92 Å². The molecule has 0 spiro atoms. The van der Waals surface area contributed by atoms with Crippen molar-refractivity contribution in [2.24, 2.45) is 0 Å². The van der Waals surface area contributed by atoms with Gasteiger partial charge in [0.05, 0.1) is 0 Å². The van der Waals surface area contributed by atoms with Gasteiger partial charge >= 0.3 is 0 Å². The topological polar surface area (TPSA) is 0 Å². The van der Waals surface area contributed by atoms with Crippen molar-refractivity contribution in [3.8, 4) is 0 Å². The van der Waals surface area contributed by atoms with Crippen molar-refractivity contribution in [1.29, 1.82) is 0 Å². The minimum absolute atomic E-state index is 0.553. The van der Waals surface area contributed by atoms with Gasteiger partial charge in [-0.15, -0.1) is 0 Å². The lowest BCUT2D eigenvalue weighted by atomic mass is 10.6. The lowest BCUT2D eigenvalue weighted by molar-refractivity contribution is 1.30. The lowest BCUT2D eigenvalue weighted by Crippen LogP contribution is -1.70. The summed E-state index contributed by atoms with van der Waals surface area (Å²) in [6.45, 7) is 5.67. The third-order valence-corrected chi connectivity index (χ3v) is 0. The molecule has 0 rings (SSSR count). The molecule has 25 valence electrons. The summed E-state index contributed by atoms with van der Waals surface area (Å²) < 4.78 is 0.553. The van der Waals surface area contributed by atoms with Gasteiger partial charge in [0.1, 0.15) is 0 Å². The van der Waals surface area contributed by atoms with Crippen LogP contribution in [0.3, 0.4) is 0 Å². The summed E-state index contributed by atoms with van der Waals surface area (Å²) in [5.41, 5.74) is 0. The van der Waals surface area contributed by atoms with Gasteiger partial charge < -0.3 is 0 Å². The van der Waals surface area contributed by atoms with E-state index >= 15 is 0 Å². The molecule has 0 saturated heterocycles. The third kappa shape index (κ3) is 15.3. The lowest BCUT2D eigenvalue weighted by Gasteiger charge is -1.76. The Morgan fingerprint density at radius 1 is 2.00 bits per heavy atom. The number of alkyl halides is 1. The Kier molecular flexibility index (Phi) is 2.36. The van der Waals surface area contributed by atoms with Gasteiger partial charge in [-0.2, -0.15) is 0 Å². The third-order valence-electron chi connectivity index (χ3n) is 0. The van der Waals surface area contributed by atoms with Gasteiger partial charge in [0.2, 0.25) is 0 Å². The molecule has 4 heavy (non-hydrogen) atoms. The predicted molar refractivity (Wildman–Crippen MR) is 28.8 cm³/mol. The van der Waals surface area contributed by atoms with Crippen LogP contribution in [0.1, 0.15) is 6.92 Å². The van der Waals surface area contributed by atoms with E-state index in [2.05, 4.69) is 29.5 Å². The highest BCUT2D eigenvalue weighted by Crippen LogP contribution is 1.90. The normalized spacial score (nSPS) is 9.00. The first-order valence-electron chi connectivity index (χ1n) is 1.20. The summed E-state index contributed by atoms with van der Waals surface area (Å²) in [5, 5.41) is 0. The summed E-state index contributed by atoms with van der Waals surface area (Å²) >= 11 is 2.23. The summed E-state index contributed by atoms with van der Waals surface area (Å²) in [6.07, 6.45) is 0. The van der Waals surface area contributed by atoms with E-state index in [0.29, 0.717) is 3.92 Å². The monoisotopic (exact) mass is 169 g/mol. The van der Waals surface area contributed by atoms with Gasteiger partial charge in [0, 0.05) is 3.92 Å². The average Bonchev–Trinajstić information content (AvgIpc) is 0.811. The molecule has 0 aromatic carbocycles. The molecule has 1 radical (unpaired) electrons. The molecule has 0 aliphatic carbocycles. The molecule has 0 N–H and O–H groups in total. The van der Waals surface area contributed by atoms with Crippen molar-refractivity contribution in [2.45, 2.75) is 10.8 Å². The Morgan fingerprint density at radius 2 is 2.00 bits per heavy atom. The SMILES string of the molecule is [CH2][C@@H](C)I. The molecule has 0 heterocycles. The molecule has 0 bridgehead atoms. The van der Waals surface area contributed by atoms with Crippen molar-refractivity contribution in [3.63, 3.8) is 0 Å². The van der Waals surface area contributed by atoms with E-state index in [1.54, 1.807) is 0 Å². The van der Waals surface area contributed by atoms with Crippen LogP contribution in [0.2, 0.25) is 0 Å². The summed E-state index contributed by atoms with van der Waals surface area (Å²) in [4.78, 5) is 0. The quantitative estimate of drug-likeness (QED) is 0.382. The van der Waals surface area contributed by atoms with Gasteiger partial charge in [-0.1, -0.05) is 29.5 Å². The molecular weight excluding hydrogens is 163 g/mol. The molecule has 0 aliphatic heterocycles. The molecule has 0 aromatic rings. The zero-order chi connectivity index (χ0) is 3.58. The van der Waals surface area contributed by atoms with Crippen molar-refractivity contribution < 1.29 is 0 Å². The number of hydrogen-bond acceptors (Lipinski definition) is 0. The number of rotatable bonds is 0. The van der Waals surface area contributed by atoms with E-state index in [4.69, 9.17) is 0 Å². The molecule has 0 saturated carbocycles. The molecule has 1 heteroatoms. The highest BCUT2D eigenvalue weighted by molar-refractivity contribution is 14.1. The zero-order valence-electron chi connectivity index (χ0n) is 2.66. The Hall–Kier alpha value is 0.730. The van der Waals surface area contributed by atoms with Crippen LogP contribution in [0.4, 0.5) is 0 Å². The standard InChI is InChI=1S/C3H6I/c1-3(2)4/h3H,1H2,2H3/t3-/m0/s1. The maximum atomic E-state index is 3.63. The van der Waals surface area contributed by atoms with Crippen molar-refractivity contribution >= 4 is 22.6 Å². The van der Waals surface area contributed by atoms with Crippen LogP contribution in [0.5, 0.6) is 0 Å². The minimum atomic E-state index is 0.553. The van der Waals surface area contributed by atoms with Gasteiger partial charge in [-0.05, 0) is 6.92 Å². The van der Waals surface area contributed by atoms with E-state index in [1.807, 2.05) is 6.92 Å². The first-order valence-corrected chi connectivity index (χ1v) is 2.45. The average molecular weight is 169 g/mol. The molecule has 0 aliphatic rings.